The average molecular weight is 413 g/mol. The van der Waals surface area contributed by atoms with Crippen LogP contribution in [0.15, 0.2) is 48.5 Å². The standard InChI is InChI=1S/C23H29FN4O2/c1-17-8-9-20(14-21(17)24)26-23(30)18(2)28-12-10-27(11-13-28)16-22(29)25-15-19-6-4-3-5-7-19/h3-9,14,18H,10-13,15-16H2,1-2H3,(H,25,29)(H,26,30). The molecule has 1 atom stereocenters. The number of carbonyl (C=O) groups is 2. The number of aryl methyl sites for hydroxylation is 1. The van der Waals surface area contributed by atoms with Crippen LogP contribution in [0.2, 0.25) is 0 Å². The predicted molar refractivity (Wildman–Crippen MR) is 116 cm³/mol. The third-order valence-electron chi connectivity index (χ3n) is 5.47. The molecule has 0 radical (unpaired) electrons. The SMILES string of the molecule is Cc1ccc(NC(=O)C(C)N2CCN(CC(=O)NCc3ccccc3)CC2)cc1F. The van der Waals surface area contributed by atoms with Gasteiger partial charge in [0.1, 0.15) is 5.82 Å². The van der Waals surface area contributed by atoms with Crippen molar-refractivity contribution in [2.45, 2.75) is 26.4 Å². The summed E-state index contributed by atoms with van der Waals surface area (Å²) < 4.78 is 13.7. The highest BCUT2D eigenvalue weighted by molar-refractivity contribution is 5.94. The van der Waals surface area contributed by atoms with Gasteiger partial charge in [-0.2, -0.15) is 0 Å². The van der Waals surface area contributed by atoms with Gasteiger partial charge in [0, 0.05) is 38.4 Å². The van der Waals surface area contributed by atoms with Crippen LogP contribution in [0.25, 0.3) is 0 Å². The number of amides is 2. The monoisotopic (exact) mass is 412 g/mol. The zero-order valence-corrected chi connectivity index (χ0v) is 17.5. The lowest BCUT2D eigenvalue weighted by molar-refractivity contribution is -0.124. The fraction of sp³-hybridized carbons (Fsp3) is 0.391. The van der Waals surface area contributed by atoms with Crippen LogP contribution in [0.4, 0.5) is 10.1 Å². The van der Waals surface area contributed by atoms with Crippen molar-refractivity contribution < 1.29 is 14.0 Å². The summed E-state index contributed by atoms with van der Waals surface area (Å²) >= 11 is 0. The van der Waals surface area contributed by atoms with Gasteiger partial charge in [0.15, 0.2) is 0 Å². The molecule has 7 heteroatoms. The van der Waals surface area contributed by atoms with Crippen molar-refractivity contribution in [2.75, 3.05) is 38.0 Å². The predicted octanol–water partition coefficient (Wildman–Crippen LogP) is 2.40. The van der Waals surface area contributed by atoms with Crippen molar-refractivity contribution >= 4 is 17.5 Å². The molecule has 2 N–H and O–H groups in total. The van der Waals surface area contributed by atoms with Gasteiger partial charge in [-0.3, -0.25) is 19.4 Å². The first-order chi connectivity index (χ1) is 14.4. The van der Waals surface area contributed by atoms with E-state index >= 15 is 0 Å². The van der Waals surface area contributed by atoms with Crippen molar-refractivity contribution in [1.82, 2.24) is 15.1 Å². The topological polar surface area (TPSA) is 64.7 Å². The third kappa shape index (κ3) is 6.11. The first-order valence-corrected chi connectivity index (χ1v) is 10.3. The summed E-state index contributed by atoms with van der Waals surface area (Å²) in [6.07, 6.45) is 0. The Kier molecular flexibility index (Phi) is 7.54. The number of nitrogens with one attached hydrogen (secondary N) is 2. The lowest BCUT2D eigenvalue weighted by Crippen LogP contribution is -2.54. The molecule has 0 bridgehead atoms. The van der Waals surface area contributed by atoms with Crippen molar-refractivity contribution in [3.05, 3.63) is 65.5 Å². The van der Waals surface area contributed by atoms with Gasteiger partial charge in [0.05, 0.1) is 12.6 Å². The Morgan fingerprint density at radius 1 is 1.07 bits per heavy atom. The number of rotatable bonds is 7. The summed E-state index contributed by atoms with van der Waals surface area (Å²) in [5.74, 6) is -0.494. The Bertz CT molecular complexity index is 867. The summed E-state index contributed by atoms with van der Waals surface area (Å²) in [7, 11) is 0. The van der Waals surface area contributed by atoms with Gasteiger partial charge in [0.2, 0.25) is 11.8 Å². The molecule has 3 rings (SSSR count). The van der Waals surface area contributed by atoms with Crippen LogP contribution in [-0.4, -0.2) is 60.4 Å². The van der Waals surface area contributed by atoms with E-state index < -0.39 is 0 Å². The molecule has 2 aromatic carbocycles. The third-order valence-corrected chi connectivity index (χ3v) is 5.47. The van der Waals surface area contributed by atoms with E-state index in [-0.39, 0.29) is 23.7 Å². The molecule has 1 aliphatic rings. The Hall–Kier alpha value is -2.77. The van der Waals surface area contributed by atoms with E-state index in [1.165, 1.54) is 6.07 Å². The summed E-state index contributed by atoms with van der Waals surface area (Å²) in [5, 5.41) is 5.73. The number of hydrogen-bond donors (Lipinski definition) is 2. The van der Waals surface area contributed by atoms with Crippen LogP contribution in [0.5, 0.6) is 0 Å². The van der Waals surface area contributed by atoms with Crippen molar-refractivity contribution in [2.24, 2.45) is 0 Å². The van der Waals surface area contributed by atoms with Gasteiger partial charge in [0.25, 0.3) is 0 Å². The van der Waals surface area contributed by atoms with Crippen LogP contribution >= 0.6 is 0 Å². The van der Waals surface area contributed by atoms with Crippen LogP contribution < -0.4 is 10.6 Å². The number of halogens is 1. The van der Waals surface area contributed by atoms with Gasteiger partial charge in [-0.25, -0.2) is 4.39 Å². The maximum absolute atomic E-state index is 13.7. The number of anilines is 1. The molecule has 30 heavy (non-hydrogen) atoms. The number of carbonyl (C=O) groups excluding carboxylic acids is 2. The largest absolute Gasteiger partial charge is 0.351 e. The first kappa shape index (κ1) is 21.9. The maximum Gasteiger partial charge on any atom is 0.241 e. The van der Waals surface area contributed by atoms with Crippen molar-refractivity contribution in [1.29, 1.82) is 0 Å². The van der Waals surface area contributed by atoms with Crippen LogP contribution in [0.3, 0.4) is 0 Å². The zero-order chi connectivity index (χ0) is 21.5. The Morgan fingerprint density at radius 2 is 1.77 bits per heavy atom. The van der Waals surface area contributed by atoms with E-state index in [0.717, 1.165) is 18.7 Å². The Labute approximate surface area is 177 Å². The van der Waals surface area contributed by atoms with E-state index in [2.05, 4.69) is 20.4 Å². The molecule has 2 amide bonds. The molecule has 160 valence electrons. The summed E-state index contributed by atoms with van der Waals surface area (Å²) in [5.41, 5.74) is 2.08. The Morgan fingerprint density at radius 3 is 2.43 bits per heavy atom. The van der Waals surface area contributed by atoms with Gasteiger partial charge in [-0.15, -0.1) is 0 Å². The molecule has 0 aromatic heterocycles. The van der Waals surface area contributed by atoms with E-state index in [0.29, 0.717) is 37.4 Å². The molecule has 1 fully saturated rings. The first-order valence-electron chi connectivity index (χ1n) is 10.3. The molecular formula is C23H29FN4O2. The lowest BCUT2D eigenvalue weighted by atomic mass is 10.2. The highest BCUT2D eigenvalue weighted by Gasteiger charge is 2.26. The second-order valence-electron chi connectivity index (χ2n) is 7.70. The van der Waals surface area contributed by atoms with E-state index in [9.17, 15) is 14.0 Å². The fourth-order valence-electron chi connectivity index (χ4n) is 3.45. The minimum absolute atomic E-state index is 0.000470. The molecule has 0 spiro atoms. The molecule has 1 saturated heterocycles. The van der Waals surface area contributed by atoms with E-state index in [1.54, 1.807) is 19.1 Å². The lowest BCUT2D eigenvalue weighted by Gasteiger charge is -2.37. The molecule has 1 unspecified atom stereocenters. The molecular weight excluding hydrogens is 383 g/mol. The molecule has 1 heterocycles. The maximum atomic E-state index is 13.7. The molecule has 6 nitrogen and oxygen atoms in total. The summed E-state index contributed by atoms with van der Waals surface area (Å²) in [4.78, 5) is 28.9. The van der Waals surface area contributed by atoms with Crippen LogP contribution in [0, 0.1) is 12.7 Å². The van der Waals surface area contributed by atoms with Gasteiger partial charge in [-0.1, -0.05) is 36.4 Å². The van der Waals surface area contributed by atoms with E-state index in [4.69, 9.17) is 0 Å². The minimum Gasteiger partial charge on any atom is -0.351 e. The number of benzene rings is 2. The van der Waals surface area contributed by atoms with Crippen molar-refractivity contribution in [3.63, 3.8) is 0 Å². The molecule has 0 aliphatic carbocycles. The van der Waals surface area contributed by atoms with Gasteiger partial charge < -0.3 is 10.6 Å². The van der Waals surface area contributed by atoms with Crippen molar-refractivity contribution in [3.8, 4) is 0 Å². The van der Waals surface area contributed by atoms with Crippen LogP contribution in [0.1, 0.15) is 18.1 Å². The second-order valence-corrected chi connectivity index (χ2v) is 7.70. The zero-order valence-electron chi connectivity index (χ0n) is 17.5. The highest BCUT2D eigenvalue weighted by Crippen LogP contribution is 2.15. The summed E-state index contributed by atoms with van der Waals surface area (Å²) in [6, 6.07) is 14.2. The van der Waals surface area contributed by atoms with Gasteiger partial charge >= 0.3 is 0 Å². The molecule has 0 saturated carbocycles. The fourth-order valence-corrected chi connectivity index (χ4v) is 3.45. The number of hydrogen-bond acceptors (Lipinski definition) is 4. The van der Waals surface area contributed by atoms with Crippen LogP contribution in [-0.2, 0) is 16.1 Å². The minimum atomic E-state index is -0.334. The van der Waals surface area contributed by atoms with E-state index in [1.807, 2.05) is 37.3 Å². The average Bonchev–Trinajstić information content (AvgIpc) is 2.75. The smallest absolute Gasteiger partial charge is 0.241 e. The van der Waals surface area contributed by atoms with Gasteiger partial charge in [-0.05, 0) is 37.1 Å². The highest BCUT2D eigenvalue weighted by atomic mass is 19.1. The normalized spacial score (nSPS) is 16.1. The number of piperazine rings is 1. The Balaban J connectivity index is 1.41. The second kappa shape index (κ2) is 10.3. The molecule has 1 aliphatic heterocycles. The molecule has 2 aromatic rings. The number of nitrogens with zero attached hydrogens (tertiary/aromatic N) is 2. The quantitative estimate of drug-likeness (QED) is 0.733. The summed E-state index contributed by atoms with van der Waals surface area (Å²) in [6.45, 7) is 7.24.